The number of anilines is 2. The second kappa shape index (κ2) is 7.15. The summed E-state index contributed by atoms with van der Waals surface area (Å²) in [4.78, 5) is 11.9. The normalized spacial score (nSPS) is 10.2. The van der Waals surface area contributed by atoms with E-state index in [1.54, 1.807) is 18.2 Å². The molecule has 6 heteroatoms. The number of rotatable bonds is 4. The minimum Gasteiger partial charge on any atom is -0.375 e. The smallest absolute Gasteiger partial charge is 0.243 e. The third kappa shape index (κ3) is 4.26. The third-order valence-corrected chi connectivity index (χ3v) is 3.98. The molecule has 0 heterocycles. The summed E-state index contributed by atoms with van der Waals surface area (Å²) in [6.07, 6.45) is 0. The van der Waals surface area contributed by atoms with Gasteiger partial charge in [0, 0.05) is 14.3 Å². The Morgan fingerprint density at radius 2 is 1.85 bits per heavy atom. The number of amides is 1. The summed E-state index contributed by atoms with van der Waals surface area (Å²) in [5, 5.41) is 6.99. The molecule has 0 bridgehead atoms. The molecule has 2 N–H and O–H groups in total. The number of para-hydroxylation sites is 1. The van der Waals surface area contributed by atoms with Gasteiger partial charge >= 0.3 is 0 Å². The SMILES string of the molecule is O=C(CNc1ccc(Cl)cc1I)Nc1ccccc1Cl. The molecule has 0 aromatic heterocycles. The van der Waals surface area contributed by atoms with Crippen LogP contribution in [-0.2, 0) is 4.79 Å². The minimum absolute atomic E-state index is 0.156. The Morgan fingerprint density at radius 3 is 2.55 bits per heavy atom. The van der Waals surface area contributed by atoms with Crippen LogP contribution in [-0.4, -0.2) is 12.5 Å². The number of hydrogen-bond donors (Lipinski definition) is 2. The number of benzene rings is 2. The Labute approximate surface area is 140 Å². The van der Waals surface area contributed by atoms with Gasteiger partial charge in [-0.3, -0.25) is 4.79 Å². The fraction of sp³-hybridized carbons (Fsp3) is 0.0714. The number of hydrogen-bond acceptors (Lipinski definition) is 2. The van der Waals surface area contributed by atoms with Gasteiger partial charge in [-0.05, 0) is 52.9 Å². The van der Waals surface area contributed by atoms with Crippen molar-refractivity contribution in [1.29, 1.82) is 0 Å². The van der Waals surface area contributed by atoms with Gasteiger partial charge in [0.15, 0.2) is 0 Å². The van der Waals surface area contributed by atoms with Gasteiger partial charge in [0.25, 0.3) is 0 Å². The summed E-state index contributed by atoms with van der Waals surface area (Å²) in [5.74, 6) is -0.163. The lowest BCUT2D eigenvalue weighted by Crippen LogP contribution is -2.22. The molecule has 0 spiro atoms. The lowest BCUT2D eigenvalue weighted by molar-refractivity contribution is -0.114. The average molecular weight is 421 g/mol. The molecule has 104 valence electrons. The number of carbonyl (C=O) groups excluding carboxylic acids is 1. The molecule has 2 aromatic carbocycles. The molecule has 0 aliphatic carbocycles. The van der Waals surface area contributed by atoms with Crippen molar-refractivity contribution in [1.82, 2.24) is 0 Å². The molecule has 0 atom stereocenters. The molecule has 1 amide bonds. The second-order valence-electron chi connectivity index (χ2n) is 4.01. The molecule has 20 heavy (non-hydrogen) atoms. The van der Waals surface area contributed by atoms with E-state index in [2.05, 4.69) is 33.2 Å². The van der Waals surface area contributed by atoms with Crippen molar-refractivity contribution in [2.24, 2.45) is 0 Å². The second-order valence-corrected chi connectivity index (χ2v) is 6.01. The molecule has 2 aromatic rings. The molecular weight excluding hydrogens is 410 g/mol. The van der Waals surface area contributed by atoms with Gasteiger partial charge in [-0.15, -0.1) is 0 Å². The van der Waals surface area contributed by atoms with Crippen LogP contribution in [0, 0.1) is 3.57 Å². The van der Waals surface area contributed by atoms with E-state index >= 15 is 0 Å². The standard InChI is InChI=1S/C14H11Cl2IN2O/c15-9-5-6-13(11(17)7-9)18-8-14(20)19-12-4-2-1-3-10(12)16/h1-7,18H,8H2,(H,19,20). The van der Waals surface area contributed by atoms with E-state index in [9.17, 15) is 4.79 Å². The zero-order valence-corrected chi connectivity index (χ0v) is 14.0. The van der Waals surface area contributed by atoms with Crippen LogP contribution >= 0.6 is 45.8 Å². The van der Waals surface area contributed by atoms with Crippen LogP contribution in [0.2, 0.25) is 10.0 Å². The average Bonchev–Trinajstić information content (AvgIpc) is 2.40. The summed E-state index contributed by atoms with van der Waals surface area (Å²) in [7, 11) is 0. The van der Waals surface area contributed by atoms with Crippen LogP contribution in [0.3, 0.4) is 0 Å². The van der Waals surface area contributed by atoms with Crippen LogP contribution in [0.5, 0.6) is 0 Å². The first-order valence-corrected chi connectivity index (χ1v) is 7.63. The molecule has 0 fully saturated rings. The molecule has 0 radical (unpaired) electrons. The Kier molecular flexibility index (Phi) is 5.51. The predicted molar refractivity (Wildman–Crippen MR) is 92.7 cm³/mol. The topological polar surface area (TPSA) is 41.1 Å². The molecule has 0 aliphatic heterocycles. The van der Waals surface area contributed by atoms with Crippen LogP contribution in [0.1, 0.15) is 0 Å². The zero-order chi connectivity index (χ0) is 14.5. The highest BCUT2D eigenvalue weighted by atomic mass is 127. The van der Waals surface area contributed by atoms with Crippen LogP contribution in [0.4, 0.5) is 11.4 Å². The van der Waals surface area contributed by atoms with Crippen molar-refractivity contribution in [3.05, 3.63) is 56.1 Å². The predicted octanol–water partition coefficient (Wildman–Crippen LogP) is 4.65. The molecular formula is C14H11Cl2IN2O. The van der Waals surface area contributed by atoms with Gasteiger partial charge in [0.05, 0.1) is 17.3 Å². The van der Waals surface area contributed by atoms with Gasteiger partial charge in [0.2, 0.25) is 5.91 Å². The molecule has 3 nitrogen and oxygen atoms in total. The van der Waals surface area contributed by atoms with Crippen molar-refractivity contribution in [3.63, 3.8) is 0 Å². The largest absolute Gasteiger partial charge is 0.375 e. The van der Waals surface area contributed by atoms with Crippen LogP contribution < -0.4 is 10.6 Å². The Bertz CT molecular complexity index is 634. The van der Waals surface area contributed by atoms with Crippen LogP contribution in [0.15, 0.2) is 42.5 Å². The lowest BCUT2D eigenvalue weighted by Gasteiger charge is -2.10. The number of nitrogens with one attached hydrogen (secondary N) is 2. The van der Waals surface area contributed by atoms with E-state index in [1.165, 1.54) is 0 Å². The van der Waals surface area contributed by atoms with Gasteiger partial charge in [-0.1, -0.05) is 35.3 Å². The minimum atomic E-state index is -0.163. The highest BCUT2D eigenvalue weighted by molar-refractivity contribution is 14.1. The maximum absolute atomic E-state index is 11.9. The quantitative estimate of drug-likeness (QED) is 0.707. The maximum Gasteiger partial charge on any atom is 0.243 e. The van der Waals surface area contributed by atoms with E-state index in [4.69, 9.17) is 23.2 Å². The first-order chi connectivity index (χ1) is 9.56. The van der Waals surface area contributed by atoms with E-state index in [1.807, 2.05) is 24.3 Å². The van der Waals surface area contributed by atoms with Crippen molar-refractivity contribution in [2.75, 3.05) is 17.2 Å². The zero-order valence-electron chi connectivity index (χ0n) is 10.3. The Hall–Kier alpha value is -0.980. The molecule has 0 unspecified atom stereocenters. The van der Waals surface area contributed by atoms with E-state index in [0.29, 0.717) is 15.7 Å². The summed E-state index contributed by atoms with van der Waals surface area (Å²) in [6.45, 7) is 0.156. The molecule has 0 saturated carbocycles. The molecule has 0 saturated heterocycles. The highest BCUT2D eigenvalue weighted by Gasteiger charge is 2.06. The first-order valence-electron chi connectivity index (χ1n) is 5.79. The van der Waals surface area contributed by atoms with Crippen molar-refractivity contribution in [2.45, 2.75) is 0 Å². The van der Waals surface area contributed by atoms with Crippen LogP contribution in [0.25, 0.3) is 0 Å². The fourth-order valence-electron chi connectivity index (χ4n) is 1.57. The lowest BCUT2D eigenvalue weighted by atomic mass is 10.3. The monoisotopic (exact) mass is 420 g/mol. The van der Waals surface area contributed by atoms with Crippen molar-refractivity contribution >= 4 is 63.1 Å². The summed E-state index contributed by atoms with van der Waals surface area (Å²) < 4.78 is 0.959. The Morgan fingerprint density at radius 1 is 1.10 bits per heavy atom. The van der Waals surface area contributed by atoms with E-state index in [0.717, 1.165) is 9.26 Å². The molecule has 0 aliphatic rings. The van der Waals surface area contributed by atoms with Gasteiger partial charge < -0.3 is 10.6 Å². The maximum atomic E-state index is 11.9. The van der Waals surface area contributed by atoms with Gasteiger partial charge in [-0.2, -0.15) is 0 Å². The fourth-order valence-corrected chi connectivity index (χ4v) is 2.81. The van der Waals surface area contributed by atoms with Gasteiger partial charge in [-0.25, -0.2) is 0 Å². The summed E-state index contributed by atoms with van der Waals surface area (Å²) in [6, 6.07) is 12.6. The van der Waals surface area contributed by atoms with Crippen molar-refractivity contribution in [3.8, 4) is 0 Å². The van der Waals surface area contributed by atoms with Gasteiger partial charge in [0.1, 0.15) is 0 Å². The van der Waals surface area contributed by atoms with E-state index in [-0.39, 0.29) is 12.5 Å². The van der Waals surface area contributed by atoms with Crippen molar-refractivity contribution < 1.29 is 4.79 Å². The molecule has 2 rings (SSSR count). The third-order valence-electron chi connectivity index (χ3n) is 2.52. The Balaban J connectivity index is 1.94. The first kappa shape index (κ1) is 15.4. The number of carbonyl (C=O) groups is 1. The highest BCUT2D eigenvalue weighted by Crippen LogP contribution is 2.22. The summed E-state index contributed by atoms with van der Waals surface area (Å²) in [5.41, 5.74) is 1.47. The summed E-state index contributed by atoms with van der Waals surface area (Å²) >= 11 is 14.0. The number of halogens is 3. The van der Waals surface area contributed by atoms with E-state index < -0.39 is 0 Å².